The van der Waals surface area contributed by atoms with Gasteiger partial charge in [0.2, 0.25) is 5.91 Å². The van der Waals surface area contributed by atoms with Gasteiger partial charge in [-0.05, 0) is 30.7 Å². The van der Waals surface area contributed by atoms with Crippen LogP contribution in [-0.2, 0) is 19.4 Å². The molecule has 0 aromatic heterocycles. The molecule has 1 aromatic rings. The third-order valence-corrected chi connectivity index (χ3v) is 7.63. The molecular weight excluding hydrogens is 400 g/mol. The molecule has 0 radical (unpaired) electrons. The number of carboxylic acids is 1. The van der Waals surface area contributed by atoms with Crippen LogP contribution in [0, 0.1) is 0 Å². The molecule has 3 rings (SSSR count). The minimum absolute atomic E-state index is 0.0134. The van der Waals surface area contributed by atoms with Crippen LogP contribution in [-0.4, -0.2) is 53.4 Å². The van der Waals surface area contributed by atoms with Crippen LogP contribution in [0.3, 0.4) is 0 Å². The fraction of sp³-hybridized carbons (Fsp3) is 0.438. The number of fused-ring (bicyclic) bond motifs is 1. The largest absolute Gasteiger partial charge is 0.481 e. The number of rotatable bonds is 5. The maximum atomic E-state index is 12.1. The molecule has 1 aromatic carbocycles. The summed E-state index contributed by atoms with van der Waals surface area (Å²) in [7, 11) is -3.12. The Kier molecular flexibility index (Phi) is 5.59. The Morgan fingerprint density at radius 2 is 1.92 bits per heavy atom. The first-order chi connectivity index (χ1) is 12.2. The zero-order valence-electron chi connectivity index (χ0n) is 13.7. The average molecular weight is 417 g/mol. The van der Waals surface area contributed by atoms with E-state index in [0.717, 1.165) is 5.69 Å². The summed E-state index contributed by atoms with van der Waals surface area (Å²) < 4.78 is 24.0. The molecule has 0 aliphatic carbocycles. The molecule has 140 valence electrons. The van der Waals surface area contributed by atoms with Gasteiger partial charge in [0.25, 0.3) is 0 Å². The number of amides is 1. The minimum Gasteiger partial charge on any atom is -0.481 e. The van der Waals surface area contributed by atoms with Gasteiger partial charge in [0, 0.05) is 28.8 Å². The van der Waals surface area contributed by atoms with Gasteiger partial charge in [-0.25, -0.2) is 8.42 Å². The van der Waals surface area contributed by atoms with Crippen LogP contribution >= 0.6 is 23.4 Å². The van der Waals surface area contributed by atoms with Crippen molar-refractivity contribution in [1.29, 1.82) is 0 Å². The van der Waals surface area contributed by atoms with Crippen LogP contribution in [0.25, 0.3) is 0 Å². The van der Waals surface area contributed by atoms with Crippen molar-refractivity contribution in [3.05, 3.63) is 29.3 Å². The van der Waals surface area contributed by atoms with Crippen LogP contribution in [0.2, 0.25) is 5.02 Å². The van der Waals surface area contributed by atoms with E-state index >= 15 is 0 Å². The lowest BCUT2D eigenvalue weighted by molar-refractivity contribution is -0.137. The normalized spacial score (nSPS) is 25.4. The van der Waals surface area contributed by atoms with Crippen LogP contribution in [0.4, 0.5) is 5.69 Å². The predicted molar refractivity (Wildman–Crippen MR) is 102 cm³/mol. The number of hydrogen-bond acceptors (Lipinski definition) is 5. The highest BCUT2D eigenvalue weighted by molar-refractivity contribution is 8.16. The SMILES string of the molecule is O=C(O)CCCC(=O)N=C1SC2CS(=O)(=O)CC2N1c1ccc(Cl)cc1. The van der Waals surface area contributed by atoms with Crippen LogP contribution in [0.15, 0.2) is 29.3 Å². The minimum atomic E-state index is -3.12. The number of aliphatic imine (C=N–C) groups is 1. The molecule has 2 saturated heterocycles. The summed E-state index contributed by atoms with van der Waals surface area (Å²) in [5.74, 6) is -1.29. The second kappa shape index (κ2) is 7.58. The molecule has 2 aliphatic heterocycles. The van der Waals surface area contributed by atoms with Gasteiger partial charge < -0.3 is 10.0 Å². The quantitative estimate of drug-likeness (QED) is 0.784. The van der Waals surface area contributed by atoms with Crippen molar-refractivity contribution in [2.45, 2.75) is 30.6 Å². The number of amidine groups is 1. The topological polar surface area (TPSA) is 104 Å². The van der Waals surface area contributed by atoms with E-state index in [1.54, 1.807) is 29.2 Å². The first-order valence-corrected chi connectivity index (χ1v) is 11.1. The first kappa shape index (κ1) is 19.2. The van der Waals surface area contributed by atoms with Crippen molar-refractivity contribution < 1.29 is 23.1 Å². The average Bonchev–Trinajstić information content (AvgIpc) is 2.99. The number of anilines is 1. The van der Waals surface area contributed by atoms with E-state index in [0.29, 0.717) is 10.2 Å². The highest BCUT2D eigenvalue weighted by Gasteiger charge is 2.49. The van der Waals surface area contributed by atoms with Gasteiger partial charge >= 0.3 is 5.97 Å². The van der Waals surface area contributed by atoms with Crippen molar-refractivity contribution >= 4 is 55.9 Å². The van der Waals surface area contributed by atoms with Crippen molar-refractivity contribution in [3.63, 3.8) is 0 Å². The molecule has 2 unspecified atom stereocenters. The molecule has 2 atom stereocenters. The summed E-state index contributed by atoms with van der Waals surface area (Å²) in [6, 6.07) is 6.65. The van der Waals surface area contributed by atoms with Gasteiger partial charge in [-0.2, -0.15) is 4.99 Å². The van der Waals surface area contributed by atoms with Crippen LogP contribution in [0.1, 0.15) is 19.3 Å². The van der Waals surface area contributed by atoms with Crippen molar-refractivity contribution in [1.82, 2.24) is 0 Å². The molecule has 1 N–H and O–H groups in total. The lowest BCUT2D eigenvalue weighted by Crippen LogP contribution is -2.37. The molecule has 0 saturated carbocycles. The second-order valence-corrected chi connectivity index (χ2v) is 9.98. The third-order valence-electron chi connectivity index (χ3n) is 4.17. The Labute approximate surface area is 160 Å². The Bertz CT molecular complexity index is 854. The number of carbonyl (C=O) groups is 2. The summed E-state index contributed by atoms with van der Waals surface area (Å²) in [4.78, 5) is 28.6. The van der Waals surface area contributed by atoms with E-state index in [-0.39, 0.29) is 42.1 Å². The number of hydrogen-bond donors (Lipinski definition) is 1. The Hall–Kier alpha value is -1.58. The maximum Gasteiger partial charge on any atom is 0.303 e. The number of carbonyl (C=O) groups excluding carboxylic acids is 1. The molecule has 26 heavy (non-hydrogen) atoms. The number of benzene rings is 1. The maximum absolute atomic E-state index is 12.1. The molecule has 7 nitrogen and oxygen atoms in total. The van der Waals surface area contributed by atoms with Crippen LogP contribution in [0.5, 0.6) is 0 Å². The predicted octanol–water partition coefficient (Wildman–Crippen LogP) is 2.20. The van der Waals surface area contributed by atoms with E-state index in [2.05, 4.69) is 4.99 Å². The molecule has 2 aliphatic rings. The highest BCUT2D eigenvalue weighted by Crippen LogP contribution is 2.41. The van der Waals surface area contributed by atoms with Gasteiger partial charge in [0.1, 0.15) is 0 Å². The van der Waals surface area contributed by atoms with Crippen molar-refractivity contribution in [2.24, 2.45) is 4.99 Å². The number of halogens is 1. The molecule has 10 heteroatoms. The van der Waals surface area contributed by atoms with Gasteiger partial charge in [0.15, 0.2) is 15.0 Å². The van der Waals surface area contributed by atoms with E-state index < -0.39 is 21.7 Å². The van der Waals surface area contributed by atoms with Crippen LogP contribution < -0.4 is 4.90 Å². The number of thioether (sulfide) groups is 1. The number of nitrogens with zero attached hydrogens (tertiary/aromatic N) is 2. The van der Waals surface area contributed by atoms with E-state index in [1.807, 2.05) is 0 Å². The highest BCUT2D eigenvalue weighted by atomic mass is 35.5. The van der Waals surface area contributed by atoms with Gasteiger partial charge in [0.05, 0.1) is 17.5 Å². The lowest BCUT2D eigenvalue weighted by atomic mass is 10.2. The zero-order valence-corrected chi connectivity index (χ0v) is 16.1. The van der Waals surface area contributed by atoms with Crippen molar-refractivity contribution in [3.8, 4) is 0 Å². The summed E-state index contributed by atoms with van der Waals surface area (Å²) >= 11 is 7.21. The van der Waals surface area contributed by atoms with Crippen molar-refractivity contribution in [2.75, 3.05) is 16.4 Å². The standard InChI is InChI=1S/C16H17ClN2O5S2/c17-10-4-6-11(7-5-10)19-12-8-26(23,24)9-13(12)25-16(19)18-14(20)2-1-3-15(21)22/h4-7,12-13H,1-3,8-9H2,(H,21,22). The summed E-state index contributed by atoms with van der Waals surface area (Å²) in [6.07, 6.45) is 0.171. The summed E-state index contributed by atoms with van der Waals surface area (Å²) in [5, 5.41) is 9.49. The van der Waals surface area contributed by atoms with Gasteiger partial charge in [-0.1, -0.05) is 23.4 Å². The van der Waals surface area contributed by atoms with Gasteiger partial charge in [-0.15, -0.1) is 0 Å². The monoisotopic (exact) mass is 416 g/mol. The molecule has 2 fully saturated rings. The summed E-state index contributed by atoms with van der Waals surface area (Å²) in [6.45, 7) is 0. The second-order valence-electron chi connectivity index (χ2n) is 6.18. The van der Waals surface area contributed by atoms with E-state index in [4.69, 9.17) is 16.7 Å². The molecule has 0 bridgehead atoms. The molecule has 0 spiro atoms. The smallest absolute Gasteiger partial charge is 0.303 e. The molecule has 2 heterocycles. The third kappa shape index (κ3) is 4.39. The Balaban J connectivity index is 1.84. The lowest BCUT2D eigenvalue weighted by Gasteiger charge is -2.24. The molecule has 1 amide bonds. The summed E-state index contributed by atoms with van der Waals surface area (Å²) in [5.41, 5.74) is 0.726. The number of sulfone groups is 1. The van der Waals surface area contributed by atoms with Gasteiger partial charge in [-0.3, -0.25) is 9.59 Å². The zero-order chi connectivity index (χ0) is 18.9. The number of aliphatic carboxylic acids is 1. The van der Waals surface area contributed by atoms with E-state index in [1.165, 1.54) is 11.8 Å². The van der Waals surface area contributed by atoms with E-state index in [9.17, 15) is 18.0 Å². The Morgan fingerprint density at radius 3 is 2.58 bits per heavy atom. The Morgan fingerprint density at radius 1 is 1.23 bits per heavy atom. The molecular formula is C16H17ClN2O5S2. The fourth-order valence-electron chi connectivity index (χ4n) is 3.02. The fourth-order valence-corrected chi connectivity index (χ4v) is 7.08. The number of carboxylic acid groups (broad SMARTS) is 1. The first-order valence-electron chi connectivity index (χ1n) is 8.00.